The number of aryl methyl sites for hydroxylation is 2. The van der Waals surface area contributed by atoms with Crippen LogP contribution in [-0.2, 0) is 28.9 Å². The van der Waals surface area contributed by atoms with Crippen molar-refractivity contribution in [1.29, 1.82) is 0 Å². The van der Waals surface area contributed by atoms with Crippen molar-refractivity contribution in [2.24, 2.45) is 7.05 Å². The second kappa shape index (κ2) is 5.02. The number of hydrogen-bond acceptors (Lipinski definition) is 4. The summed E-state index contributed by atoms with van der Waals surface area (Å²) in [5.74, 6) is 1.22. The molecule has 0 N–H and O–H groups in total. The Morgan fingerprint density at radius 1 is 1.50 bits per heavy atom. The summed E-state index contributed by atoms with van der Waals surface area (Å²) in [6.07, 6.45) is 0.877. The Hall–Kier alpha value is -1.11. The van der Waals surface area contributed by atoms with E-state index in [-0.39, 0.29) is 5.60 Å². The molecule has 1 aliphatic heterocycles. The Morgan fingerprint density at radius 3 is 2.90 bits per heavy atom. The van der Waals surface area contributed by atoms with Gasteiger partial charge in [0.2, 0.25) is 0 Å². The maximum atomic E-state index is 6.05. The molecule has 1 atom stereocenters. The van der Waals surface area contributed by atoms with E-state index >= 15 is 0 Å². The quantitative estimate of drug-likeness (QED) is 0.805. The van der Waals surface area contributed by atoms with Gasteiger partial charge in [-0.2, -0.15) is 5.10 Å². The zero-order chi connectivity index (χ0) is 14.3. The molecule has 1 saturated heterocycles. The van der Waals surface area contributed by atoms with Crippen molar-refractivity contribution in [2.45, 2.75) is 31.4 Å². The van der Waals surface area contributed by atoms with Crippen LogP contribution in [0.4, 0.5) is 0 Å². The fourth-order valence-electron chi connectivity index (χ4n) is 2.87. The molecule has 3 heterocycles. The molecule has 0 amide bonds. The van der Waals surface area contributed by atoms with Crippen LogP contribution in [0.5, 0.6) is 0 Å². The van der Waals surface area contributed by atoms with Crippen molar-refractivity contribution in [3.05, 3.63) is 11.5 Å². The summed E-state index contributed by atoms with van der Waals surface area (Å²) in [6, 6.07) is 0. The molecule has 1 unspecified atom stereocenters. The number of nitrogens with zero attached hydrogens (tertiary/aromatic N) is 4. The summed E-state index contributed by atoms with van der Waals surface area (Å²) >= 11 is 6.05. The minimum absolute atomic E-state index is 0.299. The van der Waals surface area contributed by atoms with Crippen molar-refractivity contribution in [2.75, 3.05) is 20.3 Å². The maximum Gasteiger partial charge on any atom is 0.158 e. The highest BCUT2D eigenvalue weighted by atomic mass is 35.5. The third-order valence-corrected chi connectivity index (χ3v) is 4.27. The number of ether oxygens (including phenoxy) is 2. The van der Waals surface area contributed by atoms with Gasteiger partial charge in [0.15, 0.2) is 5.65 Å². The first-order valence-electron chi connectivity index (χ1n) is 6.68. The van der Waals surface area contributed by atoms with E-state index in [1.165, 1.54) is 0 Å². The Kier molecular flexibility index (Phi) is 3.48. The Balaban J connectivity index is 2.09. The van der Waals surface area contributed by atoms with Gasteiger partial charge in [0.1, 0.15) is 16.9 Å². The second-order valence-electron chi connectivity index (χ2n) is 5.32. The maximum absolute atomic E-state index is 6.05. The first-order valence-corrected chi connectivity index (χ1v) is 7.21. The lowest BCUT2D eigenvalue weighted by atomic mass is 10.0. The van der Waals surface area contributed by atoms with E-state index in [0.29, 0.717) is 19.0 Å². The van der Waals surface area contributed by atoms with Crippen LogP contribution in [0.15, 0.2) is 0 Å². The number of fused-ring (bicyclic) bond motifs is 1. The summed E-state index contributed by atoms with van der Waals surface area (Å²) in [5.41, 5.74) is 2.52. The molecule has 6 nitrogen and oxygen atoms in total. The number of aromatic nitrogens is 4. The monoisotopic (exact) mass is 298 g/mol. The van der Waals surface area contributed by atoms with E-state index in [4.69, 9.17) is 21.1 Å². The fraction of sp³-hybridized carbons (Fsp3) is 0.692. The van der Waals surface area contributed by atoms with E-state index < -0.39 is 0 Å². The van der Waals surface area contributed by atoms with E-state index in [1.807, 2.05) is 18.7 Å². The Labute approximate surface area is 122 Å². The van der Waals surface area contributed by atoms with Gasteiger partial charge in [0.05, 0.1) is 24.7 Å². The predicted octanol–water partition coefficient (Wildman–Crippen LogP) is 1.62. The van der Waals surface area contributed by atoms with Gasteiger partial charge in [-0.1, -0.05) is 0 Å². The second-order valence-corrected chi connectivity index (χ2v) is 5.59. The lowest BCUT2D eigenvalue weighted by molar-refractivity contribution is -0.0293. The number of imidazole rings is 1. The summed E-state index contributed by atoms with van der Waals surface area (Å²) in [6.45, 7) is 3.97. The minimum Gasteiger partial charge on any atom is -0.378 e. The van der Waals surface area contributed by atoms with Crippen LogP contribution in [0.3, 0.4) is 0 Å². The molecule has 0 aliphatic carbocycles. The number of methoxy groups -OCH3 is 1. The van der Waals surface area contributed by atoms with Gasteiger partial charge in [-0.3, -0.25) is 4.68 Å². The number of hydrogen-bond donors (Lipinski definition) is 0. The van der Waals surface area contributed by atoms with Crippen LogP contribution in [-0.4, -0.2) is 45.3 Å². The summed E-state index contributed by atoms with van der Waals surface area (Å²) in [5, 5.41) is 4.43. The molecule has 3 rings (SSSR count). The normalized spacial score (nSPS) is 23.0. The third kappa shape index (κ3) is 2.03. The van der Waals surface area contributed by atoms with Crippen LogP contribution >= 0.6 is 11.6 Å². The van der Waals surface area contributed by atoms with Crippen LogP contribution in [0.25, 0.3) is 11.2 Å². The zero-order valence-electron chi connectivity index (χ0n) is 12.0. The van der Waals surface area contributed by atoms with Crippen molar-refractivity contribution in [3.8, 4) is 0 Å². The molecule has 0 saturated carbocycles. The molecular formula is C13H19ClN4O2. The van der Waals surface area contributed by atoms with Gasteiger partial charge in [-0.05, 0) is 6.92 Å². The molecule has 20 heavy (non-hydrogen) atoms. The first kappa shape index (κ1) is 13.9. The van der Waals surface area contributed by atoms with Gasteiger partial charge in [0.25, 0.3) is 0 Å². The summed E-state index contributed by atoms with van der Waals surface area (Å²) < 4.78 is 15.2. The smallest absolute Gasteiger partial charge is 0.158 e. The highest BCUT2D eigenvalue weighted by Gasteiger charge is 2.37. The van der Waals surface area contributed by atoms with Crippen LogP contribution in [0, 0.1) is 6.92 Å². The Morgan fingerprint density at radius 2 is 2.30 bits per heavy atom. The van der Waals surface area contributed by atoms with E-state index in [1.54, 1.807) is 7.11 Å². The molecule has 1 aliphatic rings. The third-order valence-electron chi connectivity index (χ3n) is 4.04. The van der Waals surface area contributed by atoms with Gasteiger partial charge < -0.3 is 14.0 Å². The first-order chi connectivity index (χ1) is 9.60. The fourth-order valence-corrected chi connectivity index (χ4v) is 3.08. The Bertz CT molecular complexity index is 628. The molecule has 0 radical (unpaired) electrons. The summed E-state index contributed by atoms with van der Waals surface area (Å²) in [7, 11) is 3.66. The number of rotatable bonds is 4. The average molecular weight is 299 g/mol. The van der Waals surface area contributed by atoms with Crippen molar-refractivity contribution < 1.29 is 9.47 Å². The van der Waals surface area contributed by atoms with E-state index in [0.717, 1.165) is 35.7 Å². The largest absolute Gasteiger partial charge is 0.378 e. The van der Waals surface area contributed by atoms with Crippen molar-refractivity contribution in [3.63, 3.8) is 0 Å². The SMILES string of the molecule is COC1(Cn2c(CCl)nc3c(C)nn(C)c32)CCOC1. The zero-order valence-corrected chi connectivity index (χ0v) is 12.8. The topological polar surface area (TPSA) is 54.1 Å². The molecule has 2 aromatic rings. The molecule has 1 fully saturated rings. The summed E-state index contributed by atoms with van der Waals surface area (Å²) in [4.78, 5) is 4.61. The van der Waals surface area contributed by atoms with E-state index in [9.17, 15) is 0 Å². The average Bonchev–Trinajstić information content (AvgIpc) is 3.10. The van der Waals surface area contributed by atoms with Gasteiger partial charge in [-0.15, -0.1) is 11.6 Å². The van der Waals surface area contributed by atoms with Gasteiger partial charge in [-0.25, -0.2) is 4.98 Å². The van der Waals surface area contributed by atoms with E-state index in [2.05, 4.69) is 14.6 Å². The predicted molar refractivity (Wildman–Crippen MR) is 76.0 cm³/mol. The molecular weight excluding hydrogens is 280 g/mol. The molecule has 7 heteroatoms. The number of alkyl halides is 1. The van der Waals surface area contributed by atoms with Crippen LogP contribution in [0.1, 0.15) is 17.9 Å². The van der Waals surface area contributed by atoms with Gasteiger partial charge >= 0.3 is 0 Å². The van der Waals surface area contributed by atoms with Gasteiger partial charge in [0, 0.05) is 27.2 Å². The molecule has 2 aromatic heterocycles. The number of halogens is 1. The van der Waals surface area contributed by atoms with Crippen molar-refractivity contribution in [1.82, 2.24) is 19.3 Å². The molecule has 0 aromatic carbocycles. The lowest BCUT2D eigenvalue weighted by Crippen LogP contribution is -2.37. The van der Waals surface area contributed by atoms with Crippen molar-refractivity contribution >= 4 is 22.8 Å². The standard InChI is InChI=1S/C13H19ClN4O2/c1-9-11-12(17(2)16-9)18(10(6-14)15-11)7-13(19-3)4-5-20-8-13/h4-8H2,1-3H3. The minimum atomic E-state index is -0.299. The lowest BCUT2D eigenvalue weighted by Gasteiger charge is -2.27. The highest BCUT2D eigenvalue weighted by molar-refractivity contribution is 6.16. The molecule has 0 spiro atoms. The van der Waals surface area contributed by atoms with Crippen LogP contribution in [0.2, 0.25) is 0 Å². The molecule has 110 valence electrons. The molecule has 0 bridgehead atoms. The van der Waals surface area contributed by atoms with Crippen LogP contribution < -0.4 is 0 Å². The highest BCUT2D eigenvalue weighted by Crippen LogP contribution is 2.28.